The van der Waals surface area contributed by atoms with Crippen molar-refractivity contribution in [2.45, 2.75) is 31.3 Å². The van der Waals surface area contributed by atoms with Gasteiger partial charge in [-0.3, -0.25) is 10.1 Å². The highest BCUT2D eigenvalue weighted by atomic mass is 16.5. The van der Waals surface area contributed by atoms with Crippen LogP contribution in [0.3, 0.4) is 0 Å². The predicted octanol–water partition coefficient (Wildman–Crippen LogP) is 0.951. The maximum absolute atomic E-state index is 10.9. The van der Waals surface area contributed by atoms with Crippen LogP contribution >= 0.6 is 0 Å². The third kappa shape index (κ3) is 2.16. The van der Waals surface area contributed by atoms with Crippen LogP contribution in [0, 0.1) is 0 Å². The number of aliphatic carboxylic acids is 1. The Labute approximate surface area is 92.6 Å². The zero-order valence-corrected chi connectivity index (χ0v) is 8.97. The molecule has 1 aliphatic heterocycles. The highest BCUT2D eigenvalue weighted by molar-refractivity contribution is 5.73. The molecule has 0 amide bonds. The van der Waals surface area contributed by atoms with Gasteiger partial charge in [0.2, 0.25) is 0 Å². The van der Waals surface area contributed by atoms with Gasteiger partial charge in [-0.15, -0.1) is 0 Å². The lowest BCUT2D eigenvalue weighted by molar-refractivity contribution is -0.140. The summed E-state index contributed by atoms with van der Waals surface area (Å²) in [4.78, 5) is 10.9. The van der Waals surface area contributed by atoms with Gasteiger partial charge in [0.1, 0.15) is 6.04 Å². The molecule has 6 heteroatoms. The molecule has 88 valence electrons. The van der Waals surface area contributed by atoms with E-state index in [4.69, 9.17) is 14.4 Å². The fraction of sp³-hybridized carbons (Fsp3) is 0.600. The van der Waals surface area contributed by atoms with Crippen molar-refractivity contribution in [3.63, 3.8) is 0 Å². The van der Waals surface area contributed by atoms with E-state index in [1.165, 1.54) is 7.11 Å². The highest BCUT2D eigenvalue weighted by Crippen LogP contribution is 2.27. The molecule has 16 heavy (non-hydrogen) atoms. The van der Waals surface area contributed by atoms with E-state index < -0.39 is 12.0 Å². The Bertz CT molecular complexity index is 377. The molecule has 0 spiro atoms. The summed E-state index contributed by atoms with van der Waals surface area (Å²) < 4.78 is 10.0. The van der Waals surface area contributed by atoms with Crippen LogP contribution in [0.1, 0.15) is 31.1 Å². The number of carbonyl (C=O) groups is 1. The van der Waals surface area contributed by atoms with Gasteiger partial charge >= 0.3 is 5.97 Å². The second kappa shape index (κ2) is 4.52. The molecule has 1 aliphatic rings. The van der Waals surface area contributed by atoms with Crippen LogP contribution in [0.15, 0.2) is 10.6 Å². The van der Waals surface area contributed by atoms with Gasteiger partial charge in [-0.25, -0.2) is 0 Å². The molecule has 0 bridgehead atoms. The predicted molar refractivity (Wildman–Crippen MR) is 54.2 cm³/mol. The van der Waals surface area contributed by atoms with Crippen LogP contribution in [0.2, 0.25) is 0 Å². The minimum Gasteiger partial charge on any atom is -0.480 e. The summed E-state index contributed by atoms with van der Waals surface area (Å²) in [6, 6.07) is 1.09. The summed E-state index contributed by atoms with van der Waals surface area (Å²) in [6.45, 7) is 0. The fourth-order valence-corrected chi connectivity index (χ4v) is 1.89. The Morgan fingerprint density at radius 1 is 1.69 bits per heavy atom. The monoisotopic (exact) mass is 226 g/mol. The zero-order valence-electron chi connectivity index (χ0n) is 8.97. The van der Waals surface area contributed by atoms with Crippen LogP contribution in [-0.2, 0) is 4.79 Å². The second-order valence-electron chi connectivity index (χ2n) is 3.81. The molecular formula is C10H14N2O4. The van der Waals surface area contributed by atoms with Gasteiger partial charge in [-0.2, -0.15) is 0 Å². The third-order valence-corrected chi connectivity index (χ3v) is 2.75. The molecular weight excluding hydrogens is 212 g/mol. The molecule has 2 heterocycles. The number of hydrogen-bond acceptors (Lipinski definition) is 5. The molecule has 0 saturated carbocycles. The maximum Gasteiger partial charge on any atom is 0.320 e. The van der Waals surface area contributed by atoms with Gasteiger partial charge in [0.05, 0.1) is 13.2 Å². The van der Waals surface area contributed by atoms with E-state index in [9.17, 15) is 4.79 Å². The molecule has 1 saturated heterocycles. The molecule has 2 N–H and O–H groups in total. The Morgan fingerprint density at radius 2 is 2.50 bits per heavy atom. The van der Waals surface area contributed by atoms with Crippen molar-refractivity contribution < 1.29 is 19.2 Å². The van der Waals surface area contributed by atoms with Crippen molar-refractivity contribution in [1.29, 1.82) is 0 Å². The van der Waals surface area contributed by atoms with Crippen molar-refractivity contribution in [3.05, 3.63) is 11.8 Å². The summed E-state index contributed by atoms with van der Waals surface area (Å²) in [5.74, 6) is 0.216. The molecule has 1 fully saturated rings. The number of ether oxygens (including phenoxy) is 1. The number of methoxy groups -OCH3 is 1. The molecule has 1 aromatic heterocycles. The smallest absolute Gasteiger partial charge is 0.320 e. The first kappa shape index (κ1) is 10.9. The number of aromatic nitrogens is 1. The van der Waals surface area contributed by atoms with E-state index in [0.29, 0.717) is 18.1 Å². The van der Waals surface area contributed by atoms with E-state index >= 15 is 0 Å². The first-order valence-electron chi connectivity index (χ1n) is 5.20. The molecule has 0 aromatic carbocycles. The van der Waals surface area contributed by atoms with Crippen molar-refractivity contribution in [3.8, 4) is 5.88 Å². The lowest BCUT2D eigenvalue weighted by Gasteiger charge is -2.26. The van der Waals surface area contributed by atoms with Crippen molar-refractivity contribution in [2.75, 3.05) is 7.11 Å². The summed E-state index contributed by atoms with van der Waals surface area (Å²) in [5.41, 5.74) is 0. The van der Waals surface area contributed by atoms with E-state index in [2.05, 4.69) is 10.5 Å². The maximum atomic E-state index is 10.9. The van der Waals surface area contributed by atoms with Crippen LogP contribution in [-0.4, -0.2) is 29.4 Å². The molecule has 2 unspecified atom stereocenters. The van der Waals surface area contributed by atoms with Gasteiger partial charge in [0.15, 0.2) is 5.76 Å². The summed E-state index contributed by atoms with van der Waals surface area (Å²) >= 11 is 0. The van der Waals surface area contributed by atoms with Crippen molar-refractivity contribution >= 4 is 5.97 Å². The van der Waals surface area contributed by atoms with Gasteiger partial charge in [-0.05, 0) is 24.4 Å². The first-order chi connectivity index (χ1) is 7.70. The second-order valence-corrected chi connectivity index (χ2v) is 3.81. The van der Waals surface area contributed by atoms with Gasteiger partial charge in [-0.1, -0.05) is 0 Å². The molecule has 6 nitrogen and oxygen atoms in total. The van der Waals surface area contributed by atoms with E-state index in [0.717, 1.165) is 12.8 Å². The molecule has 1 aromatic rings. The average Bonchev–Trinajstić information content (AvgIpc) is 2.77. The number of hydrogen-bond donors (Lipinski definition) is 2. The van der Waals surface area contributed by atoms with Gasteiger partial charge < -0.3 is 14.4 Å². The van der Waals surface area contributed by atoms with E-state index in [-0.39, 0.29) is 6.04 Å². The Balaban J connectivity index is 2.06. The van der Waals surface area contributed by atoms with Crippen molar-refractivity contribution in [2.24, 2.45) is 0 Å². The minimum atomic E-state index is -0.823. The lowest BCUT2D eigenvalue weighted by Crippen LogP contribution is -2.42. The summed E-state index contributed by atoms with van der Waals surface area (Å²) in [6.07, 6.45) is 2.36. The van der Waals surface area contributed by atoms with Crippen LogP contribution < -0.4 is 10.1 Å². The normalized spacial score (nSPS) is 25.3. The molecule has 2 rings (SSSR count). The summed E-state index contributed by atoms with van der Waals surface area (Å²) in [7, 11) is 1.51. The van der Waals surface area contributed by atoms with Gasteiger partial charge in [0, 0.05) is 6.07 Å². The fourth-order valence-electron chi connectivity index (χ4n) is 1.89. The number of nitrogens with zero attached hydrogens (tertiary/aromatic N) is 1. The number of piperidine rings is 1. The van der Waals surface area contributed by atoms with E-state index in [1.54, 1.807) is 6.07 Å². The number of carboxylic acid groups (broad SMARTS) is 1. The SMILES string of the molecule is COc1cc(C2CCCC(C(=O)O)N2)on1. The Kier molecular flexibility index (Phi) is 3.09. The first-order valence-corrected chi connectivity index (χ1v) is 5.20. The summed E-state index contributed by atoms with van der Waals surface area (Å²) in [5, 5.41) is 15.6. The van der Waals surface area contributed by atoms with Gasteiger partial charge in [0.25, 0.3) is 5.88 Å². The van der Waals surface area contributed by atoms with Crippen LogP contribution in [0.25, 0.3) is 0 Å². The quantitative estimate of drug-likeness (QED) is 0.798. The molecule has 2 atom stereocenters. The van der Waals surface area contributed by atoms with Crippen LogP contribution in [0.5, 0.6) is 5.88 Å². The zero-order chi connectivity index (χ0) is 11.5. The standard InChI is InChI=1S/C10H14N2O4/c1-15-9-5-8(16-12-9)6-3-2-4-7(11-6)10(13)14/h5-7,11H,2-4H2,1H3,(H,13,14). The highest BCUT2D eigenvalue weighted by Gasteiger charge is 2.29. The van der Waals surface area contributed by atoms with Crippen molar-refractivity contribution in [1.82, 2.24) is 10.5 Å². The number of nitrogens with one attached hydrogen (secondary N) is 1. The lowest BCUT2D eigenvalue weighted by atomic mass is 9.97. The largest absolute Gasteiger partial charge is 0.480 e. The molecule has 0 radical (unpaired) electrons. The number of rotatable bonds is 3. The molecule has 0 aliphatic carbocycles. The van der Waals surface area contributed by atoms with E-state index in [1.807, 2.05) is 0 Å². The topological polar surface area (TPSA) is 84.6 Å². The Morgan fingerprint density at radius 3 is 3.12 bits per heavy atom. The minimum absolute atomic E-state index is 0.0914. The van der Waals surface area contributed by atoms with Crippen LogP contribution in [0.4, 0.5) is 0 Å². The number of carboxylic acids is 1. The third-order valence-electron chi connectivity index (χ3n) is 2.75. The average molecular weight is 226 g/mol. The Hall–Kier alpha value is -1.56.